The Labute approximate surface area is 149 Å². The Bertz CT molecular complexity index is 555. The molecule has 24 heavy (non-hydrogen) atoms. The molecule has 0 N–H and O–H groups in total. The smallest absolute Gasteiger partial charge is 0.151 e. The third-order valence-corrected chi connectivity index (χ3v) is 6.07. The van der Waals surface area contributed by atoms with Gasteiger partial charge in [-0.1, -0.05) is 0 Å². The van der Waals surface area contributed by atoms with Crippen LogP contribution in [0.25, 0.3) is 0 Å². The minimum absolute atomic E-state index is 0.00472. The molecule has 0 aliphatic heterocycles. The molecule has 0 spiro atoms. The molecule has 0 amide bonds. The molecule has 0 aliphatic carbocycles. The molecule has 0 aliphatic rings. The van der Waals surface area contributed by atoms with Crippen molar-refractivity contribution in [3.05, 3.63) is 24.3 Å². The van der Waals surface area contributed by atoms with Crippen LogP contribution in [0.5, 0.6) is 11.5 Å². The van der Waals surface area contributed by atoms with E-state index >= 15 is 0 Å². The van der Waals surface area contributed by atoms with Crippen molar-refractivity contribution in [3.8, 4) is 11.5 Å². The lowest BCUT2D eigenvalue weighted by Gasteiger charge is -2.10. The molecule has 1 rings (SSSR count). The Hall–Kier alpha value is -1.40. The zero-order valence-electron chi connectivity index (χ0n) is 14.7. The van der Waals surface area contributed by atoms with Crippen molar-refractivity contribution in [2.75, 3.05) is 38.2 Å². The molecule has 0 saturated carbocycles. The summed E-state index contributed by atoms with van der Waals surface area (Å²) in [5, 5.41) is 0. The summed E-state index contributed by atoms with van der Waals surface area (Å²) in [6.07, 6.45) is 11.3. The lowest BCUT2D eigenvalue weighted by atomic mass is 10.3. The van der Waals surface area contributed by atoms with Crippen molar-refractivity contribution in [2.45, 2.75) is 12.8 Å². The van der Waals surface area contributed by atoms with Gasteiger partial charge in [-0.05, 0) is 49.3 Å². The van der Waals surface area contributed by atoms with Gasteiger partial charge in [0.2, 0.25) is 0 Å². The van der Waals surface area contributed by atoms with Crippen molar-refractivity contribution >= 4 is 43.3 Å². The van der Waals surface area contributed by atoms with Crippen molar-refractivity contribution < 1.29 is 19.1 Å². The van der Waals surface area contributed by atoms with Crippen LogP contribution in [0.2, 0.25) is 0 Å². The van der Waals surface area contributed by atoms with Crippen LogP contribution in [-0.2, 0) is 9.59 Å². The van der Waals surface area contributed by atoms with Crippen LogP contribution in [0.1, 0.15) is 12.8 Å². The standard InChI is InChI=1S/C18H26O4S2/c1-23(2)17(13-19)9-11-21-15-5-7-16(8-6-15)22-12-10-18(14-20)24(3)4/h5-8,13-14H,9-12H2,1-4H3. The first-order valence-electron chi connectivity index (χ1n) is 7.60. The quantitative estimate of drug-likeness (QED) is 0.469. The Morgan fingerprint density at radius 1 is 0.792 bits per heavy atom. The molecule has 6 heteroatoms. The molecule has 0 heterocycles. The normalized spacial score (nSPS) is 10.6. The lowest BCUT2D eigenvalue weighted by molar-refractivity contribution is -0.103. The van der Waals surface area contributed by atoms with E-state index in [-0.39, 0.29) is 21.0 Å². The van der Waals surface area contributed by atoms with Crippen LogP contribution in [-0.4, -0.2) is 60.5 Å². The van der Waals surface area contributed by atoms with Gasteiger partial charge in [-0.2, -0.15) is 21.0 Å². The van der Waals surface area contributed by atoms with E-state index < -0.39 is 0 Å². The summed E-state index contributed by atoms with van der Waals surface area (Å²) in [6, 6.07) is 7.40. The summed E-state index contributed by atoms with van der Waals surface area (Å²) in [4.78, 5) is 23.6. The van der Waals surface area contributed by atoms with Gasteiger partial charge in [-0.3, -0.25) is 9.59 Å². The second-order valence-electron chi connectivity index (χ2n) is 5.47. The van der Waals surface area contributed by atoms with Crippen LogP contribution in [0.3, 0.4) is 0 Å². The Morgan fingerprint density at radius 3 is 1.38 bits per heavy atom. The summed E-state index contributed by atoms with van der Waals surface area (Å²) in [5.74, 6) is 1.51. The van der Waals surface area contributed by atoms with Crippen molar-refractivity contribution in [2.24, 2.45) is 0 Å². The van der Waals surface area contributed by atoms with Gasteiger partial charge in [-0.15, -0.1) is 0 Å². The van der Waals surface area contributed by atoms with Gasteiger partial charge in [0.05, 0.1) is 13.2 Å². The number of hydrogen-bond donors (Lipinski definition) is 0. The van der Waals surface area contributed by atoms with E-state index in [9.17, 15) is 9.59 Å². The molecular weight excluding hydrogens is 344 g/mol. The monoisotopic (exact) mass is 370 g/mol. The van der Waals surface area contributed by atoms with Gasteiger partial charge in [-0.25, -0.2) is 0 Å². The van der Waals surface area contributed by atoms with E-state index in [0.29, 0.717) is 26.1 Å². The van der Waals surface area contributed by atoms with Crippen LogP contribution >= 0.6 is 21.0 Å². The minimum Gasteiger partial charge on any atom is -0.493 e. The maximum absolute atomic E-state index is 10.9. The SMILES string of the molecule is CS(C)=C(C=O)CCOc1ccc(OCCC(C=O)=S(C)C)cc1. The van der Waals surface area contributed by atoms with Crippen molar-refractivity contribution in [1.29, 1.82) is 0 Å². The number of aldehydes is 2. The van der Waals surface area contributed by atoms with E-state index in [1.807, 2.05) is 49.3 Å². The molecular formula is C18H26O4S2. The lowest BCUT2D eigenvalue weighted by Crippen LogP contribution is -2.08. The second kappa shape index (κ2) is 11.2. The van der Waals surface area contributed by atoms with E-state index in [1.165, 1.54) is 0 Å². The Balaban J connectivity index is 2.43. The summed E-state index contributed by atoms with van der Waals surface area (Å²) >= 11 is 0. The fourth-order valence-corrected chi connectivity index (χ4v) is 3.26. The van der Waals surface area contributed by atoms with E-state index in [1.54, 1.807) is 0 Å². The third-order valence-electron chi connectivity index (χ3n) is 3.37. The number of benzene rings is 1. The van der Waals surface area contributed by atoms with E-state index in [2.05, 4.69) is 0 Å². The largest absolute Gasteiger partial charge is 0.493 e. The minimum atomic E-state index is -0.00472. The van der Waals surface area contributed by atoms with Gasteiger partial charge < -0.3 is 9.47 Å². The first-order chi connectivity index (χ1) is 11.5. The van der Waals surface area contributed by atoms with E-state index in [0.717, 1.165) is 33.8 Å². The number of carbonyl (C=O) groups is 2. The molecule has 0 radical (unpaired) electrons. The molecule has 0 saturated heterocycles. The molecule has 0 bridgehead atoms. The summed E-state index contributed by atoms with van der Waals surface area (Å²) in [5.41, 5.74) is 0. The summed E-state index contributed by atoms with van der Waals surface area (Å²) in [7, 11) is -0.00944. The first kappa shape index (κ1) is 20.6. The fourth-order valence-electron chi connectivity index (χ4n) is 1.89. The van der Waals surface area contributed by atoms with Gasteiger partial charge in [0.15, 0.2) is 12.6 Å². The zero-order chi connectivity index (χ0) is 17.9. The van der Waals surface area contributed by atoms with Gasteiger partial charge >= 0.3 is 0 Å². The molecule has 0 fully saturated rings. The fraction of sp³-hybridized carbons (Fsp3) is 0.444. The predicted molar refractivity (Wildman–Crippen MR) is 108 cm³/mol. The zero-order valence-corrected chi connectivity index (χ0v) is 16.4. The average Bonchev–Trinajstić information content (AvgIpc) is 2.56. The highest BCUT2D eigenvalue weighted by Crippen LogP contribution is 2.18. The number of rotatable bonds is 10. The predicted octanol–water partition coefficient (Wildman–Crippen LogP) is 3.02. The number of carbonyl (C=O) groups excluding carboxylic acids is 2. The Kier molecular flexibility index (Phi) is 9.64. The summed E-state index contributed by atoms with van der Waals surface area (Å²) in [6.45, 7) is 0.985. The van der Waals surface area contributed by atoms with Crippen LogP contribution < -0.4 is 9.47 Å². The highest BCUT2D eigenvalue weighted by molar-refractivity contribution is 8.15. The van der Waals surface area contributed by atoms with E-state index in [4.69, 9.17) is 9.47 Å². The number of hydrogen-bond acceptors (Lipinski definition) is 4. The molecule has 1 aromatic carbocycles. The molecule has 4 nitrogen and oxygen atoms in total. The molecule has 0 aromatic heterocycles. The maximum Gasteiger partial charge on any atom is 0.151 e. The highest BCUT2D eigenvalue weighted by atomic mass is 32.2. The van der Waals surface area contributed by atoms with Gasteiger partial charge in [0.25, 0.3) is 0 Å². The first-order valence-corrected chi connectivity index (χ1v) is 11.7. The average molecular weight is 371 g/mol. The Morgan fingerprint density at radius 2 is 1.12 bits per heavy atom. The van der Waals surface area contributed by atoms with Crippen molar-refractivity contribution in [1.82, 2.24) is 0 Å². The van der Waals surface area contributed by atoms with Crippen molar-refractivity contribution in [3.63, 3.8) is 0 Å². The number of ether oxygens (including phenoxy) is 2. The maximum atomic E-state index is 10.9. The third kappa shape index (κ3) is 7.45. The molecule has 0 unspecified atom stereocenters. The molecule has 1 aromatic rings. The van der Waals surface area contributed by atoms with Gasteiger partial charge in [0, 0.05) is 22.6 Å². The molecule has 0 atom stereocenters. The highest BCUT2D eigenvalue weighted by Gasteiger charge is 2.02. The van der Waals surface area contributed by atoms with Crippen LogP contribution in [0, 0.1) is 0 Å². The second-order valence-corrected chi connectivity index (χ2v) is 9.78. The van der Waals surface area contributed by atoms with Gasteiger partial charge in [0.1, 0.15) is 11.5 Å². The topological polar surface area (TPSA) is 52.6 Å². The van der Waals surface area contributed by atoms with Crippen LogP contribution in [0.4, 0.5) is 0 Å². The van der Waals surface area contributed by atoms with Crippen LogP contribution in [0.15, 0.2) is 24.3 Å². The summed E-state index contributed by atoms with van der Waals surface area (Å²) < 4.78 is 11.3. The molecule has 134 valence electrons.